The second kappa shape index (κ2) is 6.39. The van der Waals surface area contributed by atoms with Gasteiger partial charge >= 0.3 is 0 Å². The van der Waals surface area contributed by atoms with Crippen molar-refractivity contribution in [1.29, 1.82) is 0 Å². The van der Waals surface area contributed by atoms with Gasteiger partial charge in [-0.3, -0.25) is 4.99 Å². The molecule has 0 N–H and O–H groups in total. The highest BCUT2D eigenvalue weighted by molar-refractivity contribution is 5.79. The Morgan fingerprint density at radius 1 is 1.18 bits per heavy atom. The maximum absolute atomic E-state index is 4.50. The quantitative estimate of drug-likeness (QED) is 0.537. The lowest BCUT2D eigenvalue weighted by Crippen LogP contribution is -1.94. The minimum atomic E-state index is 0.930. The van der Waals surface area contributed by atoms with Crippen molar-refractivity contribution < 1.29 is 0 Å². The van der Waals surface area contributed by atoms with E-state index in [1.54, 1.807) is 5.57 Å². The Morgan fingerprint density at radius 3 is 2.71 bits per heavy atom. The molecular weight excluding hydrogens is 206 g/mol. The van der Waals surface area contributed by atoms with Crippen LogP contribution < -0.4 is 0 Å². The number of aryl methyl sites for hydroxylation is 1. The summed E-state index contributed by atoms with van der Waals surface area (Å²) in [5.41, 5.74) is 4.11. The number of aliphatic imine (C=N–C) groups is 1. The lowest BCUT2D eigenvalue weighted by atomic mass is 9.97. The standard InChI is InChI=1S/C16H21N/c1-14-7-9-16(10-8-14)13-17-12-11-15-5-3-2-4-6-15/h5,7-10,13H,2-4,6,11-12H2,1H3. The van der Waals surface area contributed by atoms with Crippen molar-refractivity contribution in [2.75, 3.05) is 6.54 Å². The number of hydrogen-bond acceptors (Lipinski definition) is 1. The first kappa shape index (κ1) is 12.1. The fraction of sp³-hybridized carbons (Fsp3) is 0.438. The molecule has 17 heavy (non-hydrogen) atoms. The van der Waals surface area contributed by atoms with E-state index in [2.05, 4.69) is 42.3 Å². The molecule has 0 aliphatic heterocycles. The summed E-state index contributed by atoms with van der Waals surface area (Å²) in [5, 5.41) is 0. The Bertz CT molecular complexity index is 398. The number of hydrogen-bond donors (Lipinski definition) is 0. The molecule has 0 amide bonds. The Balaban J connectivity index is 1.77. The van der Waals surface area contributed by atoms with Crippen LogP contribution in [0.3, 0.4) is 0 Å². The molecule has 90 valence electrons. The Morgan fingerprint density at radius 2 is 2.00 bits per heavy atom. The Hall–Kier alpha value is -1.37. The van der Waals surface area contributed by atoms with Gasteiger partial charge in [-0.15, -0.1) is 0 Å². The molecule has 0 spiro atoms. The molecule has 0 aromatic heterocycles. The van der Waals surface area contributed by atoms with E-state index in [0.29, 0.717) is 0 Å². The molecule has 1 nitrogen and oxygen atoms in total. The highest BCUT2D eigenvalue weighted by Gasteiger charge is 2.01. The normalized spacial score (nSPS) is 16.2. The summed E-state index contributed by atoms with van der Waals surface area (Å²) in [5.74, 6) is 0. The summed E-state index contributed by atoms with van der Waals surface area (Å²) in [7, 11) is 0. The van der Waals surface area contributed by atoms with Gasteiger partial charge in [-0.25, -0.2) is 0 Å². The van der Waals surface area contributed by atoms with E-state index in [0.717, 1.165) is 13.0 Å². The van der Waals surface area contributed by atoms with Gasteiger partial charge in [0.1, 0.15) is 0 Å². The van der Waals surface area contributed by atoms with Crippen LogP contribution in [0.25, 0.3) is 0 Å². The summed E-state index contributed by atoms with van der Waals surface area (Å²) in [6.45, 7) is 3.04. The molecule has 0 saturated heterocycles. The van der Waals surface area contributed by atoms with Crippen LogP contribution in [0.4, 0.5) is 0 Å². The molecule has 0 saturated carbocycles. The topological polar surface area (TPSA) is 12.4 Å². The largest absolute Gasteiger partial charge is 0.292 e. The van der Waals surface area contributed by atoms with E-state index >= 15 is 0 Å². The maximum Gasteiger partial charge on any atom is 0.0426 e. The average molecular weight is 227 g/mol. The molecule has 1 aliphatic carbocycles. The molecular formula is C16H21N. The van der Waals surface area contributed by atoms with Crippen LogP contribution in [-0.4, -0.2) is 12.8 Å². The highest BCUT2D eigenvalue weighted by atomic mass is 14.7. The summed E-state index contributed by atoms with van der Waals surface area (Å²) >= 11 is 0. The van der Waals surface area contributed by atoms with Crippen LogP contribution in [0.2, 0.25) is 0 Å². The molecule has 1 heteroatoms. The summed E-state index contributed by atoms with van der Waals surface area (Å²) in [4.78, 5) is 4.50. The highest BCUT2D eigenvalue weighted by Crippen LogP contribution is 2.19. The third-order valence-corrected chi connectivity index (χ3v) is 3.26. The van der Waals surface area contributed by atoms with Gasteiger partial charge in [0.2, 0.25) is 0 Å². The minimum Gasteiger partial charge on any atom is -0.292 e. The molecule has 0 bridgehead atoms. The van der Waals surface area contributed by atoms with Gasteiger partial charge in [-0.05, 0) is 44.6 Å². The smallest absolute Gasteiger partial charge is 0.0426 e. The van der Waals surface area contributed by atoms with E-state index in [-0.39, 0.29) is 0 Å². The molecule has 0 radical (unpaired) electrons. The zero-order valence-corrected chi connectivity index (χ0v) is 10.7. The van der Waals surface area contributed by atoms with E-state index in [1.165, 1.54) is 36.8 Å². The van der Waals surface area contributed by atoms with Crippen molar-refractivity contribution in [3.8, 4) is 0 Å². The van der Waals surface area contributed by atoms with Crippen LogP contribution in [0.15, 0.2) is 40.9 Å². The van der Waals surface area contributed by atoms with E-state index < -0.39 is 0 Å². The van der Waals surface area contributed by atoms with Gasteiger partial charge in [-0.2, -0.15) is 0 Å². The van der Waals surface area contributed by atoms with Gasteiger partial charge in [0, 0.05) is 12.8 Å². The van der Waals surface area contributed by atoms with Crippen LogP contribution >= 0.6 is 0 Å². The molecule has 2 rings (SSSR count). The predicted molar refractivity (Wildman–Crippen MR) is 74.8 cm³/mol. The molecule has 0 unspecified atom stereocenters. The van der Waals surface area contributed by atoms with Gasteiger partial charge in [-0.1, -0.05) is 41.5 Å². The number of benzene rings is 1. The first-order valence-electron chi connectivity index (χ1n) is 6.59. The zero-order chi connectivity index (χ0) is 11.9. The lowest BCUT2D eigenvalue weighted by Gasteiger charge is -2.10. The van der Waals surface area contributed by atoms with Crippen molar-refractivity contribution in [2.24, 2.45) is 4.99 Å². The summed E-state index contributed by atoms with van der Waals surface area (Å²) < 4.78 is 0. The molecule has 1 aromatic carbocycles. The fourth-order valence-corrected chi connectivity index (χ4v) is 2.16. The fourth-order valence-electron chi connectivity index (χ4n) is 2.16. The van der Waals surface area contributed by atoms with Gasteiger partial charge in [0.15, 0.2) is 0 Å². The van der Waals surface area contributed by atoms with Crippen LogP contribution in [-0.2, 0) is 0 Å². The van der Waals surface area contributed by atoms with Crippen LogP contribution in [0.5, 0.6) is 0 Å². The average Bonchev–Trinajstić information content (AvgIpc) is 2.38. The van der Waals surface area contributed by atoms with Crippen molar-refractivity contribution in [1.82, 2.24) is 0 Å². The number of nitrogens with zero attached hydrogens (tertiary/aromatic N) is 1. The van der Waals surface area contributed by atoms with Crippen molar-refractivity contribution in [3.63, 3.8) is 0 Å². The lowest BCUT2D eigenvalue weighted by molar-refractivity contribution is 0.676. The van der Waals surface area contributed by atoms with Crippen molar-refractivity contribution in [2.45, 2.75) is 39.0 Å². The first-order chi connectivity index (χ1) is 8.34. The van der Waals surface area contributed by atoms with Gasteiger partial charge < -0.3 is 0 Å². The summed E-state index contributed by atoms with van der Waals surface area (Å²) in [6, 6.07) is 8.51. The summed E-state index contributed by atoms with van der Waals surface area (Å²) in [6.07, 6.45) is 10.8. The predicted octanol–water partition coefficient (Wildman–Crippen LogP) is 4.30. The Kier molecular flexibility index (Phi) is 4.54. The molecule has 0 heterocycles. The minimum absolute atomic E-state index is 0.930. The third-order valence-electron chi connectivity index (χ3n) is 3.26. The van der Waals surface area contributed by atoms with E-state index in [9.17, 15) is 0 Å². The van der Waals surface area contributed by atoms with Crippen molar-refractivity contribution in [3.05, 3.63) is 47.0 Å². The monoisotopic (exact) mass is 227 g/mol. The molecule has 0 fully saturated rings. The van der Waals surface area contributed by atoms with Crippen molar-refractivity contribution >= 4 is 6.21 Å². The van der Waals surface area contributed by atoms with E-state index in [4.69, 9.17) is 0 Å². The zero-order valence-electron chi connectivity index (χ0n) is 10.7. The maximum atomic E-state index is 4.50. The first-order valence-corrected chi connectivity index (χ1v) is 6.59. The Labute approximate surface area is 104 Å². The van der Waals surface area contributed by atoms with Crippen LogP contribution in [0, 0.1) is 6.92 Å². The third kappa shape index (κ3) is 4.18. The molecule has 0 atom stereocenters. The number of rotatable bonds is 4. The molecule has 1 aromatic rings. The molecule has 1 aliphatic rings. The van der Waals surface area contributed by atoms with E-state index in [1.807, 2.05) is 6.21 Å². The second-order valence-corrected chi connectivity index (χ2v) is 4.80. The second-order valence-electron chi connectivity index (χ2n) is 4.80. The van der Waals surface area contributed by atoms with Gasteiger partial charge in [0.05, 0.1) is 0 Å². The SMILES string of the molecule is Cc1ccc(C=NCCC2=CCCCC2)cc1. The number of allylic oxidation sites excluding steroid dienone is 1. The van der Waals surface area contributed by atoms with Crippen LogP contribution in [0.1, 0.15) is 43.2 Å². The van der Waals surface area contributed by atoms with Gasteiger partial charge in [0.25, 0.3) is 0 Å².